The second-order valence-electron chi connectivity index (χ2n) is 8.90. The molecule has 136 valence electrons. The summed E-state index contributed by atoms with van der Waals surface area (Å²) in [6, 6.07) is 0. The molecule has 5 nitrogen and oxygen atoms in total. The van der Waals surface area contributed by atoms with Gasteiger partial charge in [-0.25, -0.2) is 4.79 Å². The highest BCUT2D eigenvalue weighted by Gasteiger charge is 2.53. The van der Waals surface area contributed by atoms with E-state index in [1.54, 1.807) is 12.0 Å². The minimum Gasteiger partial charge on any atom is -0.444 e. The molecule has 1 heterocycles. The van der Waals surface area contributed by atoms with E-state index in [2.05, 4.69) is 33.9 Å². The highest BCUT2D eigenvalue weighted by molar-refractivity contribution is 6.48. The zero-order valence-corrected chi connectivity index (χ0v) is 17.5. The number of amides is 1. The number of ether oxygens (including phenoxy) is 2. The van der Waals surface area contributed by atoms with E-state index < -0.39 is 20.4 Å². The number of carbonyl (C=O) groups excluding carboxylic acids is 1. The number of hydrogen-bond acceptors (Lipinski definition) is 4. The number of methoxy groups -OCH3 is 1. The van der Waals surface area contributed by atoms with Gasteiger partial charge in [0.15, 0.2) is 14.8 Å². The minimum absolute atomic E-state index is 0.0949. The van der Waals surface area contributed by atoms with E-state index >= 15 is 0 Å². The third-order valence-corrected chi connectivity index (χ3v) is 5.03. The summed E-state index contributed by atoms with van der Waals surface area (Å²) in [4.78, 5) is 14.6. The predicted octanol–water partition coefficient (Wildman–Crippen LogP) is 3.63. The van der Waals surface area contributed by atoms with Gasteiger partial charge in [-0.3, -0.25) is 4.90 Å². The van der Waals surface area contributed by atoms with Crippen molar-refractivity contribution in [3.63, 3.8) is 0 Å². The Kier molecular flexibility index (Phi) is 6.32. The lowest BCUT2D eigenvalue weighted by Gasteiger charge is -2.39. The average Bonchev–Trinajstić information content (AvgIpc) is 2.65. The standard InChI is InChI=1S/C17H35NO4Si/c1-15(2,3)13-10-17(12-20-7,22-23(8)9)18(11-13)14(19)21-16(4,5)6/h13,23H,10-12H2,1-9H3/t13-,17-/m0/s1. The third kappa shape index (κ3) is 5.47. The number of rotatable bonds is 4. The number of hydrogen-bond donors (Lipinski definition) is 0. The van der Waals surface area contributed by atoms with Gasteiger partial charge in [0, 0.05) is 20.1 Å². The lowest BCUT2D eigenvalue weighted by atomic mass is 9.79. The normalized spacial score (nSPS) is 26.0. The molecule has 0 saturated carbocycles. The largest absolute Gasteiger partial charge is 0.444 e. The highest BCUT2D eigenvalue weighted by atomic mass is 28.3. The topological polar surface area (TPSA) is 48.0 Å². The minimum atomic E-state index is -1.37. The van der Waals surface area contributed by atoms with Crippen molar-refractivity contribution in [1.29, 1.82) is 0 Å². The molecule has 1 rings (SSSR count). The van der Waals surface area contributed by atoms with Gasteiger partial charge in [0.05, 0.1) is 6.61 Å². The number of likely N-dealkylation sites (tertiary alicyclic amines) is 1. The molecule has 6 heteroatoms. The van der Waals surface area contributed by atoms with Crippen molar-refractivity contribution in [2.45, 2.75) is 72.4 Å². The van der Waals surface area contributed by atoms with Crippen molar-refractivity contribution in [2.24, 2.45) is 11.3 Å². The van der Waals surface area contributed by atoms with E-state index in [0.717, 1.165) is 6.42 Å². The van der Waals surface area contributed by atoms with Crippen LogP contribution in [0, 0.1) is 11.3 Å². The molecule has 0 aliphatic carbocycles. The van der Waals surface area contributed by atoms with Crippen LogP contribution in [0.15, 0.2) is 0 Å². The van der Waals surface area contributed by atoms with Crippen LogP contribution in [0.4, 0.5) is 4.79 Å². The fraction of sp³-hybridized carbons (Fsp3) is 0.941. The predicted molar refractivity (Wildman–Crippen MR) is 95.1 cm³/mol. The van der Waals surface area contributed by atoms with Gasteiger partial charge in [0.2, 0.25) is 0 Å². The van der Waals surface area contributed by atoms with E-state index in [9.17, 15) is 4.79 Å². The van der Waals surface area contributed by atoms with Gasteiger partial charge < -0.3 is 13.9 Å². The van der Waals surface area contributed by atoms with E-state index in [-0.39, 0.29) is 11.5 Å². The molecule has 0 aromatic rings. The number of nitrogens with zero attached hydrogens (tertiary/aromatic N) is 1. The summed E-state index contributed by atoms with van der Waals surface area (Å²) in [6.45, 7) is 17.5. The Hall–Kier alpha value is -0.593. The van der Waals surface area contributed by atoms with Crippen LogP contribution in [0.1, 0.15) is 48.0 Å². The fourth-order valence-corrected chi connectivity index (χ4v) is 4.20. The van der Waals surface area contributed by atoms with Crippen molar-refractivity contribution in [3.8, 4) is 0 Å². The van der Waals surface area contributed by atoms with E-state index in [4.69, 9.17) is 13.9 Å². The van der Waals surface area contributed by atoms with E-state index in [1.165, 1.54) is 0 Å². The first-order valence-corrected chi connectivity index (χ1v) is 11.3. The lowest BCUT2D eigenvalue weighted by molar-refractivity contribution is -0.105. The van der Waals surface area contributed by atoms with Crippen molar-refractivity contribution < 1.29 is 18.7 Å². The highest BCUT2D eigenvalue weighted by Crippen LogP contribution is 2.44. The van der Waals surface area contributed by atoms with E-state index in [1.807, 2.05) is 20.8 Å². The molecule has 0 aromatic carbocycles. The van der Waals surface area contributed by atoms with Crippen LogP contribution >= 0.6 is 0 Å². The zero-order valence-electron chi connectivity index (χ0n) is 16.4. The molecule has 1 amide bonds. The zero-order chi connectivity index (χ0) is 18.1. The molecule has 2 atom stereocenters. The van der Waals surface area contributed by atoms with Gasteiger partial charge in [-0.05, 0) is 45.2 Å². The van der Waals surface area contributed by atoms with Crippen molar-refractivity contribution in [3.05, 3.63) is 0 Å². The summed E-state index contributed by atoms with van der Waals surface area (Å²) in [5.74, 6) is 0.345. The molecule has 0 radical (unpaired) electrons. The van der Waals surface area contributed by atoms with Crippen molar-refractivity contribution in [1.82, 2.24) is 4.90 Å². The van der Waals surface area contributed by atoms with Gasteiger partial charge in [-0.1, -0.05) is 20.8 Å². The summed E-state index contributed by atoms with van der Waals surface area (Å²) in [5, 5.41) is 0. The van der Waals surface area contributed by atoms with Gasteiger partial charge in [0.1, 0.15) is 5.60 Å². The first-order chi connectivity index (χ1) is 10.3. The summed E-state index contributed by atoms with van der Waals surface area (Å²) in [6.07, 6.45) is 0.477. The Balaban J connectivity index is 3.15. The third-order valence-electron chi connectivity index (χ3n) is 4.12. The molecule has 0 unspecified atom stereocenters. The maximum absolute atomic E-state index is 12.8. The van der Waals surface area contributed by atoms with Crippen LogP contribution < -0.4 is 0 Å². The Bertz CT molecular complexity index is 414. The van der Waals surface area contributed by atoms with Gasteiger partial charge in [0.25, 0.3) is 0 Å². The monoisotopic (exact) mass is 345 g/mol. The molecule has 23 heavy (non-hydrogen) atoms. The van der Waals surface area contributed by atoms with Crippen molar-refractivity contribution >= 4 is 15.1 Å². The van der Waals surface area contributed by atoms with Crippen LogP contribution in [-0.4, -0.2) is 51.6 Å². The summed E-state index contributed by atoms with van der Waals surface area (Å²) >= 11 is 0. The molecule has 1 aliphatic rings. The molecular formula is C17H35NO4Si. The Morgan fingerprint density at radius 3 is 2.17 bits per heavy atom. The second kappa shape index (κ2) is 7.11. The molecule has 1 saturated heterocycles. The smallest absolute Gasteiger partial charge is 0.412 e. The Labute approximate surface area is 143 Å². The quantitative estimate of drug-likeness (QED) is 0.730. The van der Waals surface area contributed by atoms with Crippen LogP contribution in [0.3, 0.4) is 0 Å². The number of carbonyl (C=O) groups is 1. The lowest BCUT2D eigenvalue weighted by Crippen LogP contribution is -2.55. The Morgan fingerprint density at radius 1 is 1.22 bits per heavy atom. The summed E-state index contributed by atoms with van der Waals surface area (Å²) < 4.78 is 17.4. The van der Waals surface area contributed by atoms with Crippen molar-refractivity contribution in [2.75, 3.05) is 20.3 Å². The molecule has 0 bridgehead atoms. The van der Waals surface area contributed by atoms with Gasteiger partial charge in [-0.2, -0.15) is 0 Å². The van der Waals surface area contributed by atoms with Crippen LogP contribution in [-0.2, 0) is 13.9 Å². The molecule has 0 spiro atoms. The summed E-state index contributed by atoms with van der Waals surface area (Å²) in [7, 11) is 0.292. The second-order valence-corrected chi connectivity index (χ2v) is 11.2. The first kappa shape index (κ1) is 20.5. The molecule has 0 N–H and O–H groups in total. The fourth-order valence-electron chi connectivity index (χ4n) is 3.03. The van der Waals surface area contributed by atoms with E-state index in [0.29, 0.717) is 19.1 Å². The molecular weight excluding hydrogens is 310 g/mol. The maximum atomic E-state index is 12.8. The average molecular weight is 346 g/mol. The molecule has 0 aromatic heterocycles. The molecule has 1 aliphatic heterocycles. The SMILES string of the molecule is COC[C@@]1(O[SiH](C)C)C[C@H](C(C)(C)C)CN1C(=O)OC(C)(C)C. The van der Waals surface area contributed by atoms with Gasteiger partial charge in [-0.15, -0.1) is 0 Å². The first-order valence-electron chi connectivity index (χ1n) is 8.48. The maximum Gasteiger partial charge on any atom is 0.412 e. The van der Waals surface area contributed by atoms with Crippen LogP contribution in [0.2, 0.25) is 13.1 Å². The van der Waals surface area contributed by atoms with Crippen LogP contribution in [0.5, 0.6) is 0 Å². The summed E-state index contributed by atoms with van der Waals surface area (Å²) in [5.41, 5.74) is -1.13. The molecule has 1 fully saturated rings. The Morgan fingerprint density at radius 2 is 1.78 bits per heavy atom. The van der Waals surface area contributed by atoms with Gasteiger partial charge >= 0.3 is 6.09 Å². The van der Waals surface area contributed by atoms with Crippen LogP contribution in [0.25, 0.3) is 0 Å².